The molecule has 1 aliphatic heterocycles. The lowest BCUT2D eigenvalue weighted by Crippen LogP contribution is -2.25. The van der Waals surface area contributed by atoms with E-state index >= 15 is 0 Å². The van der Waals surface area contributed by atoms with Crippen LogP contribution >= 0.6 is 11.3 Å². The van der Waals surface area contributed by atoms with Crippen molar-refractivity contribution >= 4 is 28.6 Å². The molecule has 1 aromatic carbocycles. The Morgan fingerprint density at radius 3 is 2.77 bits per heavy atom. The topological polar surface area (TPSA) is 83.0 Å². The second-order valence-electron chi connectivity index (χ2n) is 6.18. The largest absolute Gasteiger partial charge is 0.465 e. The number of hydrogen-bond acceptors (Lipinski definition) is 6. The molecular weight excluding hydrogens is 374 g/mol. The Balaban J connectivity index is 1.70. The van der Waals surface area contributed by atoms with E-state index in [4.69, 9.17) is 0 Å². The van der Waals surface area contributed by atoms with Crippen molar-refractivity contribution in [3.05, 3.63) is 51.0 Å². The van der Waals surface area contributed by atoms with Gasteiger partial charge in [0, 0.05) is 30.9 Å². The van der Waals surface area contributed by atoms with Crippen LogP contribution in [0.5, 0.6) is 0 Å². The lowest BCUT2D eigenvalue weighted by molar-refractivity contribution is 0.0600. The minimum atomic E-state index is -2.11. The van der Waals surface area contributed by atoms with E-state index in [2.05, 4.69) is 21.7 Å². The first-order chi connectivity index (χ1) is 12.5. The van der Waals surface area contributed by atoms with Crippen LogP contribution in [-0.4, -0.2) is 49.6 Å². The van der Waals surface area contributed by atoms with E-state index in [9.17, 15) is 13.6 Å². The van der Waals surface area contributed by atoms with Gasteiger partial charge in [0.15, 0.2) is 0 Å². The first-order valence-electron chi connectivity index (χ1n) is 8.15. The summed E-state index contributed by atoms with van der Waals surface area (Å²) < 4.78 is 27.5. The van der Waals surface area contributed by atoms with Crippen molar-refractivity contribution in [2.45, 2.75) is 26.1 Å². The van der Waals surface area contributed by atoms with Gasteiger partial charge in [-0.25, -0.2) is 14.0 Å². The van der Waals surface area contributed by atoms with Gasteiger partial charge >= 0.3 is 5.97 Å². The molecule has 1 atom stereocenters. The zero-order valence-electron chi connectivity index (χ0n) is 14.7. The van der Waals surface area contributed by atoms with Crippen LogP contribution in [-0.2, 0) is 42.1 Å². The number of likely N-dealkylation sites (N-methyl/N-ethyl adjacent to an activating group) is 1. The van der Waals surface area contributed by atoms with Gasteiger partial charge in [0.05, 0.1) is 24.9 Å². The fraction of sp³-hybridized carbons (Fsp3) is 0.412. The predicted molar refractivity (Wildman–Crippen MR) is 100.0 cm³/mol. The van der Waals surface area contributed by atoms with Crippen LogP contribution in [0.3, 0.4) is 0 Å². The third kappa shape index (κ3) is 4.54. The summed E-state index contributed by atoms with van der Waals surface area (Å²) >= 11 is -0.511. The zero-order chi connectivity index (χ0) is 18.7. The van der Waals surface area contributed by atoms with E-state index in [0.717, 1.165) is 35.8 Å². The highest BCUT2D eigenvalue weighted by Crippen LogP contribution is 2.26. The van der Waals surface area contributed by atoms with E-state index in [1.807, 2.05) is 0 Å². The maximum atomic E-state index is 11.8. The molecule has 0 saturated heterocycles. The molecule has 140 valence electrons. The number of esters is 1. The van der Waals surface area contributed by atoms with Crippen molar-refractivity contribution in [1.29, 1.82) is 0 Å². The number of fused-ring (bicyclic) bond motifs is 1. The fourth-order valence-corrected chi connectivity index (χ4v) is 4.61. The number of methoxy groups -OCH3 is 1. The lowest BCUT2D eigenvalue weighted by atomic mass is 10.1. The van der Waals surface area contributed by atoms with Crippen LogP contribution in [0, 0.1) is 0 Å². The maximum Gasteiger partial charge on any atom is 0.337 e. The molecule has 7 nitrogen and oxygen atoms in total. The van der Waals surface area contributed by atoms with E-state index < -0.39 is 17.2 Å². The van der Waals surface area contributed by atoms with E-state index in [1.54, 1.807) is 35.6 Å². The summed E-state index contributed by atoms with van der Waals surface area (Å²) in [7, 11) is 3.41. The highest BCUT2D eigenvalue weighted by atomic mass is 32.2. The van der Waals surface area contributed by atoms with Crippen LogP contribution in [0.4, 0.5) is 0 Å². The Morgan fingerprint density at radius 2 is 2.12 bits per heavy atom. The second-order valence-corrected chi connectivity index (χ2v) is 8.33. The molecule has 1 aliphatic rings. The summed E-state index contributed by atoms with van der Waals surface area (Å²) in [6.07, 6.45) is 0.916. The second kappa shape index (κ2) is 8.36. The third-order valence-electron chi connectivity index (χ3n) is 4.23. The molecule has 0 amide bonds. The molecule has 1 aromatic heterocycles. The highest BCUT2D eigenvalue weighted by molar-refractivity contribution is 7.76. The van der Waals surface area contributed by atoms with Gasteiger partial charge in [0.2, 0.25) is 11.3 Å². The SMILES string of the molecule is COC(=O)c1ccc(CN(Cc2nc3c(s2)CN(C)CC3)S(=O)O)cc1. The maximum absolute atomic E-state index is 11.8. The Hall–Kier alpha value is -1.65. The van der Waals surface area contributed by atoms with Gasteiger partial charge in [0.1, 0.15) is 5.01 Å². The quantitative estimate of drug-likeness (QED) is 0.595. The lowest BCUT2D eigenvalue weighted by Gasteiger charge is -2.20. The number of nitrogens with zero attached hydrogens (tertiary/aromatic N) is 3. The summed E-state index contributed by atoms with van der Waals surface area (Å²) in [6, 6.07) is 6.82. The van der Waals surface area contributed by atoms with E-state index in [1.165, 1.54) is 16.3 Å². The molecule has 1 unspecified atom stereocenters. The van der Waals surface area contributed by atoms with Gasteiger partial charge in [0.25, 0.3) is 0 Å². The number of carbonyl (C=O) groups is 1. The van der Waals surface area contributed by atoms with Gasteiger partial charge < -0.3 is 9.64 Å². The van der Waals surface area contributed by atoms with Crippen molar-refractivity contribution in [2.75, 3.05) is 20.7 Å². The normalized spacial score (nSPS) is 15.7. The van der Waals surface area contributed by atoms with Gasteiger partial charge in [-0.3, -0.25) is 4.55 Å². The predicted octanol–water partition coefficient (Wildman–Crippen LogP) is 2.06. The van der Waals surface area contributed by atoms with Crippen molar-refractivity contribution in [2.24, 2.45) is 0 Å². The summed E-state index contributed by atoms with van der Waals surface area (Å²) in [5.74, 6) is -0.405. The number of thiazole rings is 1. The third-order valence-corrected chi connectivity index (χ3v) is 6.00. The van der Waals surface area contributed by atoms with Gasteiger partial charge in [-0.2, -0.15) is 4.31 Å². The molecular formula is C17H21N3O4S2. The molecule has 2 heterocycles. The van der Waals surface area contributed by atoms with Crippen molar-refractivity contribution < 1.29 is 18.3 Å². The smallest absolute Gasteiger partial charge is 0.337 e. The average molecular weight is 396 g/mol. The molecule has 0 aliphatic carbocycles. The molecule has 0 spiro atoms. The summed E-state index contributed by atoms with van der Waals surface area (Å²) in [5.41, 5.74) is 2.39. The standard InChI is InChI=1S/C17H21N3O4S2/c1-19-8-7-14-15(10-19)25-16(18-14)11-20(26(22)23)9-12-3-5-13(6-4-12)17(21)24-2/h3-6H,7-11H2,1-2H3,(H,22,23). The van der Waals surface area contributed by atoms with Gasteiger partial charge in [-0.05, 0) is 24.7 Å². The Labute approximate surface area is 159 Å². The average Bonchev–Trinajstić information content (AvgIpc) is 3.02. The van der Waals surface area contributed by atoms with Crippen molar-refractivity contribution in [1.82, 2.24) is 14.2 Å². The van der Waals surface area contributed by atoms with Crippen molar-refractivity contribution in [3.63, 3.8) is 0 Å². The molecule has 26 heavy (non-hydrogen) atoms. The van der Waals surface area contributed by atoms with Crippen LogP contribution in [0.15, 0.2) is 24.3 Å². The summed E-state index contributed by atoms with van der Waals surface area (Å²) in [5, 5.41) is 0.846. The monoisotopic (exact) mass is 395 g/mol. The molecule has 3 rings (SSSR count). The van der Waals surface area contributed by atoms with Crippen LogP contribution < -0.4 is 0 Å². The molecule has 0 radical (unpaired) electrons. The minimum absolute atomic E-state index is 0.286. The van der Waals surface area contributed by atoms with Crippen LogP contribution in [0.2, 0.25) is 0 Å². The number of benzene rings is 1. The molecule has 0 fully saturated rings. The number of hydrogen-bond donors (Lipinski definition) is 1. The molecule has 0 bridgehead atoms. The summed E-state index contributed by atoms with van der Waals surface area (Å²) in [6.45, 7) is 2.46. The fourth-order valence-electron chi connectivity index (χ4n) is 2.83. The van der Waals surface area contributed by atoms with Gasteiger partial charge in [-0.15, -0.1) is 11.3 Å². The Morgan fingerprint density at radius 1 is 1.38 bits per heavy atom. The number of rotatable bonds is 6. The Bertz CT molecular complexity index is 807. The summed E-state index contributed by atoms with van der Waals surface area (Å²) in [4.78, 5) is 19.6. The molecule has 0 saturated carbocycles. The molecule has 2 aromatic rings. The Kier molecular flexibility index (Phi) is 6.15. The van der Waals surface area contributed by atoms with E-state index in [0.29, 0.717) is 12.1 Å². The number of ether oxygens (including phenoxy) is 1. The highest BCUT2D eigenvalue weighted by Gasteiger charge is 2.21. The number of carbonyl (C=O) groups excluding carboxylic acids is 1. The van der Waals surface area contributed by atoms with Gasteiger partial charge in [-0.1, -0.05) is 12.1 Å². The zero-order valence-corrected chi connectivity index (χ0v) is 16.3. The van der Waals surface area contributed by atoms with Crippen molar-refractivity contribution in [3.8, 4) is 0 Å². The molecule has 1 N–H and O–H groups in total. The van der Waals surface area contributed by atoms with E-state index in [-0.39, 0.29) is 6.54 Å². The van der Waals surface area contributed by atoms with Crippen LogP contribution in [0.25, 0.3) is 0 Å². The minimum Gasteiger partial charge on any atom is -0.465 e. The first kappa shape index (κ1) is 19.1. The number of aromatic nitrogens is 1. The van der Waals surface area contributed by atoms with Crippen LogP contribution in [0.1, 0.15) is 31.5 Å². The first-order valence-corrected chi connectivity index (χ1v) is 10.0. The molecule has 9 heteroatoms.